The Morgan fingerprint density at radius 2 is 1.85 bits per heavy atom. The molecule has 1 fully saturated rings. The summed E-state index contributed by atoms with van der Waals surface area (Å²) in [7, 11) is 0. The van der Waals surface area contributed by atoms with E-state index in [0.29, 0.717) is 13.1 Å². The topological polar surface area (TPSA) is 47.2 Å². The number of benzene rings is 1. The molecule has 26 heavy (non-hydrogen) atoms. The molecule has 0 spiro atoms. The molecule has 0 bridgehead atoms. The van der Waals surface area contributed by atoms with Gasteiger partial charge in [-0.1, -0.05) is 23.2 Å². The maximum absolute atomic E-state index is 12.7. The predicted octanol–water partition coefficient (Wildman–Crippen LogP) is 3.52. The molecule has 1 aliphatic carbocycles. The van der Waals surface area contributed by atoms with Crippen molar-refractivity contribution in [1.29, 1.82) is 0 Å². The fourth-order valence-electron chi connectivity index (χ4n) is 4.11. The van der Waals surface area contributed by atoms with Gasteiger partial charge < -0.3 is 10.1 Å². The third-order valence-corrected chi connectivity index (χ3v) is 5.68. The molecule has 0 unspecified atom stereocenters. The number of fused-ring (bicyclic) bond motifs is 2. The van der Waals surface area contributed by atoms with E-state index in [1.807, 2.05) is 35.2 Å². The Labute approximate surface area is 158 Å². The summed E-state index contributed by atoms with van der Waals surface area (Å²) in [5.41, 5.74) is 6.43. The van der Waals surface area contributed by atoms with Gasteiger partial charge in [-0.05, 0) is 55.0 Å². The molecule has 2 aromatic rings. The summed E-state index contributed by atoms with van der Waals surface area (Å²) in [6, 6.07) is 9.81. The normalized spacial score (nSPS) is 16.8. The Morgan fingerprint density at radius 3 is 2.58 bits per heavy atom. The molecule has 1 amide bonds. The smallest absolute Gasteiger partial charge is 0.227 e. The standard InChI is InChI=1S/C21H21ClN2O2/c1-14(25)23-11-8-15(9-12-23)20-19-7-6-18(22)13-17(19)5-4-16-3-2-10-24(26)21(16)20/h2-3,6-7,10,13H,4-5,8-9,11-12H2,1H3. The number of piperidine rings is 1. The average Bonchev–Trinajstić information content (AvgIpc) is 2.79. The number of likely N-dealkylation sites (tertiary alicyclic amines) is 1. The molecule has 1 aromatic heterocycles. The van der Waals surface area contributed by atoms with Crippen LogP contribution >= 0.6 is 11.6 Å². The van der Waals surface area contributed by atoms with Crippen LogP contribution in [0.25, 0.3) is 5.57 Å². The van der Waals surface area contributed by atoms with Crippen molar-refractivity contribution in [2.75, 3.05) is 13.1 Å². The largest absolute Gasteiger partial charge is 0.618 e. The first-order valence-electron chi connectivity index (χ1n) is 9.02. The zero-order chi connectivity index (χ0) is 18.3. The van der Waals surface area contributed by atoms with Crippen LogP contribution in [0.3, 0.4) is 0 Å². The van der Waals surface area contributed by atoms with Crippen LogP contribution in [0.4, 0.5) is 0 Å². The molecular formula is C21H21ClN2O2. The molecular weight excluding hydrogens is 348 g/mol. The van der Waals surface area contributed by atoms with Gasteiger partial charge in [-0.25, -0.2) is 0 Å². The third kappa shape index (κ3) is 2.99. The highest BCUT2D eigenvalue weighted by atomic mass is 35.5. The van der Waals surface area contributed by atoms with Gasteiger partial charge in [0, 0.05) is 36.7 Å². The number of hydrogen-bond acceptors (Lipinski definition) is 2. The average molecular weight is 369 g/mol. The zero-order valence-corrected chi connectivity index (χ0v) is 15.6. The summed E-state index contributed by atoms with van der Waals surface area (Å²) < 4.78 is 0.999. The second-order valence-electron chi connectivity index (χ2n) is 6.99. The third-order valence-electron chi connectivity index (χ3n) is 5.45. The number of aryl methyl sites for hydroxylation is 2. The van der Waals surface area contributed by atoms with E-state index in [2.05, 4.69) is 0 Å². The number of aromatic nitrogens is 1. The molecule has 134 valence electrons. The van der Waals surface area contributed by atoms with E-state index in [1.54, 1.807) is 13.1 Å². The van der Waals surface area contributed by atoms with E-state index in [0.717, 1.165) is 57.8 Å². The number of halogens is 1. The minimum Gasteiger partial charge on any atom is -0.618 e. The Kier molecular flexibility index (Phi) is 4.45. The highest BCUT2D eigenvalue weighted by molar-refractivity contribution is 6.30. The Balaban J connectivity index is 1.90. The molecule has 4 rings (SSSR count). The maximum atomic E-state index is 12.7. The first kappa shape index (κ1) is 17.1. The van der Waals surface area contributed by atoms with Crippen molar-refractivity contribution in [2.24, 2.45) is 0 Å². The highest BCUT2D eigenvalue weighted by Gasteiger charge is 2.29. The molecule has 4 nitrogen and oxygen atoms in total. The van der Waals surface area contributed by atoms with Crippen LogP contribution in [-0.4, -0.2) is 23.9 Å². The van der Waals surface area contributed by atoms with Gasteiger partial charge in [0.25, 0.3) is 0 Å². The molecule has 0 radical (unpaired) electrons. The van der Waals surface area contributed by atoms with Gasteiger partial charge in [0.05, 0.1) is 5.57 Å². The number of pyridine rings is 1. The molecule has 1 aliphatic heterocycles. The van der Waals surface area contributed by atoms with Gasteiger partial charge in [0.1, 0.15) is 0 Å². The second kappa shape index (κ2) is 6.76. The Hall–Kier alpha value is -2.33. The molecule has 1 saturated heterocycles. The number of carbonyl (C=O) groups excluding carboxylic acids is 1. The van der Waals surface area contributed by atoms with Crippen molar-refractivity contribution < 1.29 is 9.52 Å². The number of carbonyl (C=O) groups is 1. The van der Waals surface area contributed by atoms with Gasteiger partial charge in [-0.2, -0.15) is 4.73 Å². The maximum Gasteiger partial charge on any atom is 0.227 e. The molecule has 0 atom stereocenters. The van der Waals surface area contributed by atoms with Crippen LogP contribution in [0.2, 0.25) is 5.02 Å². The molecule has 2 aliphatic rings. The monoisotopic (exact) mass is 368 g/mol. The fraction of sp³-hybridized carbons (Fsp3) is 0.333. The van der Waals surface area contributed by atoms with Crippen molar-refractivity contribution in [3.05, 3.63) is 74.7 Å². The fourth-order valence-corrected chi connectivity index (χ4v) is 4.31. The minimum atomic E-state index is 0.112. The van der Waals surface area contributed by atoms with Crippen molar-refractivity contribution in [1.82, 2.24) is 4.90 Å². The van der Waals surface area contributed by atoms with Crippen LogP contribution < -0.4 is 4.73 Å². The zero-order valence-electron chi connectivity index (χ0n) is 14.8. The predicted molar refractivity (Wildman–Crippen MR) is 102 cm³/mol. The van der Waals surface area contributed by atoms with Crippen LogP contribution in [0.15, 0.2) is 42.1 Å². The quantitative estimate of drug-likeness (QED) is 0.527. The summed E-state index contributed by atoms with van der Waals surface area (Å²) in [5, 5.41) is 13.4. The number of amides is 1. The lowest BCUT2D eigenvalue weighted by Crippen LogP contribution is -2.36. The van der Waals surface area contributed by atoms with Gasteiger partial charge in [0.2, 0.25) is 11.6 Å². The van der Waals surface area contributed by atoms with Gasteiger partial charge in [-0.3, -0.25) is 4.79 Å². The van der Waals surface area contributed by atoms with Crippen LogP contribution in [0, 0.1) is 5.21 Å². The van der Waals surface area contributed by atoms with Crippen molar-refractivity contribution in [2.45, 2.75) is 32.6 Å². The lowest BCUT2D eigenvalue weighted by molar-refractivity contribution is -0.608. The Bertz CT molecular complexity index is 910. The lowest BCUT2D eigenvalue weighted by Gasteiger charge is -2.29. The van der Waals surface area contributed by atoms with Gasteiger partial charge >= 0.3 is 0 Å². The van der Waals surface area contributed by atoms with E-state index >= 15 is 0 Å². The Morgan fingerprint density at radius 1 is 1.12 bits per heavy atom. The van der Waals surface area contributed by atoms with E-state index in [4.69, 9.17) is 11.6 Å². The summed E-state index contributed by atoms with van der Waals surface area (Å²) in [5.74, 6) is 0.112. The lowest BCUT2D eigenvalue weighted by atomic mass is 9.88. The summed E-state index contributed by atoms with van der Waals surface area (Å²) in [4.78, 5) is 13.5. The molecule has 0 N–H and O–H groups in total. The van der Waals surface area contributed by atoms with E-state index in [9.17, 15) is 10.0 Å². The summed E-state index contributed by atoms with van der Waals surface area (Å²) in [6.45, 7) is 3.03. The second-order valence-corrected chi connectivity index (χ2v) is 7.43. The van der Waals surface area contributed by atoms with E-state index < -0.39 is 0 Å². The minimum absolute atomic E-state index is 0.112. The molecule has 2 heterocycles. The van der Waals surface area contributed by atoms with Gasteiger partial charge in [-0.15, -0.1) is 0 Å². The first-order valence-corrected chi connectivity index (χ1v) is 9.40. The number of nitrogens with zero attached hydrogens (tertiary/aromatic N) is 2. The van der Waals surface area contributed by atoms with Crippen LogP contribution in [0.5, 0.6) is 0 Å². The molecule has 5 heteroatoms. The van der Waals surface area contributed by atoms with Crippen LogP contribution in [0.1, 0.15) is 42.1 Å². The summed E-state index contributed by atoms with van der Waals surface area (Å²) >= 11 is 6.23. The number of rotatable bonds is 0. The highest BCUT2D eigenvalue weighted by Crippen LogP contribution is 2.37. The van der Waals surface area contributed by atoms with Crippen molar-refractivity contribution in [3.8, 4) is 0 Å². The van der Waals surface area contributed by atoms with Crippen LogP contribution in [-0.2, 0) is 17.6 Å². The van der Waals surface area contributed by atoms with E-state index in [-0.39, 0.29) is 5.91 Å². The van der Waals surface area contributed by atoms with Crippen molar-refractivity contribution >= 4 is 23.1 Å². The van der Waals surface area contributed by atoms with Gasteiger partial charge in [0.15, 0.2) is 6.20 Å². The number of hydrogen-bond donors (Lipinski definition) is 0. The first-order chi connectivity index (χ1) is 12.5. The SMILES string of the molecule is CC(=O)N1CCC(=C2c3ccc(Cl)cc3CCc3ccc[n+]([O-])c32)CC1. The molecule has 1 aromatic carbocycles. The summed E-state index contributed by atoms with van der Waals surface area (Å²) in [6.07, 6.45) is 4.85. The van der Waals surface area contributed by atoms with Crippen molar-refractivity contribution in [3.63, 3.8) is 0 Å². The molecule has 0 saturated carbocycles. The van der Waals surface area contributed by atoms with E-state index in [1.165, 1.54) is 11.1 Å².